The molecule has 6 rings (SSSR count). The number of fused-ring (bicyclic) bond motifs is 2. The van der Waals surface area contributed by atoms with Crippen LogP contribution < -0.4 is 0 Å². The maximum Gasteiger partial charge on any atom is 0.144 e. The smallest absolute Gasteiger partial charge is 0.144 e. The maximum atomic E-state index is 13.2. The van der Waals surface area contributed by atoms with Gasteiger partial charge in [-0.1, -0.05) is 0 Å². The molecule has 3 aliphatic carbocycles. The zero-order chi connectivity index (χ0) is 14.1. The van der Waals surface area contributed by atoms with Gasteiger partial charge in [-0.25, -0.2) is 0 Å². The number of rotatable bonds is 0. The monoisotopic (exact) mass is 288 g/mol. The van der Waals surface area contributed by atoms with Crippen LogP contribution in [0.25, 0.3) is 0 Å². The van der Waals surface area contributed by atoms with Crippen LogP contribution in [0.3, 0.4) is 0 Å². The molecule has 3 heterocycles. The third kappa shape index (κ3) is 1.03. The Hall–Kier alpha value is -0.450. The summed E-state index contributed by atoms with van der Waals surface area (Å²) in [6.07, 6.45) is 6.14. The molecule has 3 saturated heterocycles. The Morgan fingerprint density at radius 3 is 3.00 bits per heavy atom. The summed E-state index contributed by atoms with van der Waals surface area (Å²) in [5.41, 5.74) is 0.252. The van der Waals surface area contributed by atoms with Gasteiger partial charge in [0, 0.05) is 35.9 Å². The standard InChI is InChI=1S/C17H24N2O2/c1-18-5-3-10-14-16(21)13-9-6-8(15(13)20)7-11-17(9,14)4-2-12(18)19(10)11/h8-15,20H,2-7H2,1H3/t8?,9-,10-,11-,12?,13?,14+,15?,17+/m0/s1. The zero-order valence-electron chi connectivity index (χ0n) is 12.6. The Bertz CT molecular complexity index is 551. The van der Waals surface area contributed by atoms with Gasteiger partial charge in [-0.3, -0.25) is 14.6 Å². The molecule has 0 amide bonds. The van der Waals surface area contributed by atoms with Crippen molar-refractivity contribution in [3.05, 3.63) is 0 Å². The Morgan fingerprint density at radius 2 is 2.14 bits per heavy atom. The lowest BCUT2D eigenvalue weighted by Crippen LogP contribution is -2.62. The van der Waals surface area contributed by atoms with Crippen LogP contribution in [0.1, 0.15) is 32.1 Å². The second kappa shape index (κ2) is 3.39. The first-order valence-corrected chi connectivity index (χ1v) is 8.84. The predicted octanol–water partition coefficient (Wildman–Crippen LogP) is 0.697. The van der Waals surface area contributed by atoms with Crippen molar-refractivity contribution in [1.29, 1.82) is 0 Å². The molecule has 3 aliphatic heterocycles. The fourth-order valence-electron chi connectivity index (χ4n) is 8.03. The second-order valence-electron chi connectivity index (χ2n) is 8.67. The van der Waals surface area contributed by atoms with E-state index in [0.717, 1.165) is 25.8 Å². The molecule has 3 saturated carbocycles. The molecule has 4 unspecified atom stereocenters. The summed E-state index contributed by atoms with van der Waals surface area (Å²) in [6, 6.07) is 1.08. The molecule has 9 atom stereocenters. The van der Waals surface area contributed by atoms with Gasteiger partial charge in [0.15, 0.2) is 0 Å². The van der Waals surface area contributed by atoms with Crippen LogP contribution in [-0.2, 0) is 4.79 Å². The van der Waals surface area contributed by atoms with Crippen molar-refractivity contribution >= 4 is 5.78 Å². The topological polar surface area (TPSA) is 43.8 Å². The van der Waals surface area contributed by atoms with Crippen LogP contribution in [0.15, 0.2) is 0 Å². The van der Waals surface area contributed by atoms with Gasteiger partial charge in [-0.05, 0) is 51.0 Å². The van der Waals surface area contributed by atoms with Crippen LogP contribution in [-0.4, -0.2) is 58.6 Å². The zero-order valence-corrected chi connectivity index (χ0v) is 12.6. The highest BCUT2D eigenvalue weighted by atomic mass is 16.3. The summed E-state index contributed by atoms with van der Waals surface area (Å²) >= 11 is 0. The molecule has 6 aliphatic rings. The number of nitrogens with zero attached hydrogens (tertiary/aromatic N) is 2. The molecule has 21 heavy (non-hydrogen) atoms. The molecule has 0 radical (unpaired) electrons. The van der Waals surface area contributed by atoms with Gasteiger partial charge in [-0.15, -0.1) is 0 Å². The molecule has 114 valence electrons. The molecular weight excluding hydrogens is 264 g/mol. The Balaban J connectivity index is 1.59. The van der Waals surface area contributed by atoms with Crippen molar-refractivity contribution in [1.82, 2.24) is 9.80 Å². The third-order valence-corrected chi connectivity index (χ3v) is 8.49. The number of ketones is 1. The van der Waals surface area contributed by atoms with E-state index in [1.54, 1.807) is 0 Å². The maximum absolute atomic E-state index is 13.2. The number of carbonyl (C=O) groups is 1. The average Bonchev–Trinajstić information content (AvgIpc) is 2.99. The molecule has 0 aromatic heterocycles. The summed E-state index contributed by atoms with van der Waals surface area (Å²) in [7, 11) is 2.25. The molecule has 1 N–H and O–H groups in total. The minimum atomic E-state index is -0.326. The summed E-state index contributed by atoms with van der Waals surface area (Å²) < 4.78 is 0. The fourth-order valence-corrected chi connectivity index (χ4v) is 8.03. The van der Waals surface area contributed by atoms with Gasteiger partial charge in [-0.2, -0.15) is 0 Å². The largest absolute Gasteiger partial charge is 0.392 e. The van der Waals surface area contributed by atoms with Crippen molar-refractivity contribution in [3.63, 3.8) is 0 Å². The van der Waals surface area contributed by atoms with Crippen LogP contribution >= 0.6 is 0 Å². The first-order chi connectivity index (χ1) is 10.1. The van der Waals surface area contributed by atoms with Crippen LogP contribution in [0, 0.1) is 29.1 Å². The Labute approximate surface area is 125 Å². The molecule has 4 heteroatoms. The van der Waals surface area contributed by atoms with E-state index in [1.165, 1.54) is 12.8 Å². The van der Waals surface area contributed by atoms with Crippen molar-refractivity contribution in [3.8, 4) is 0 Å². The highest BCUT2D eigenvalue weighted by molar-refractivity contribution is 5.90. The third-order valence-electron chi connectivity index (χ3n) is 8.49. The quantitative estimate of drug-likeness (QED) is 0.712. The Kier molecular flexibility index (Phi) is 1.94. The lowest BCUT2D eigenvalue weighted by molar-refractivity contribution is -0.129. The summed E-state index contributed by atoms with van der Waals surface area (Å²) in [4.78, 5) is 18.4. The number of Topliss-reactive ketones (excluding diaryl/α,β-unsaturated/α-hetero) is 1. The van der Waals surface area contributed by atoms with Gasteiger partial charge >= 0.3 is 0 Å². The average molecular weight is 288 g/mol. The first kappa shape index (κ1) is 12.0. The van der Waals surface area contributed by atoms with E-state index in [0.29, 0.717) is 35.9 Å². The van der Waals surface area contributed by atoms with Gasteiger partial charge in [0.05, 0.1) is 12.3 Å². The molecule has 0 aromatic rings. The fraction of sp³-hybridized carbons (Fsp3) is 0.941. The van der Waals surface area contributed by atoms with Crippen LogP contribution in [0.5, 0.6) is 0 Å². The molecule has 1 spiro atoms. The number of carbonyl (C=O) groups excluding carboxylic acids is 1. The second-order valence-corrected chi connectivity index (χ2v) is 8.67. The van der Waals surface area contributed by atoms with E-state index < -0.39 is 0 Å². The van der Waals surface area contributed by atoms with Crippen molar-refractivity contribution in [2.75, 3.05) is 13.6 Å². The van der Waals surface area contributed by atoms with E-state index in [9.17, 15) is 9.90 Å². The number of aliphatic hydroxyl groups excluding tert-OH is 1. The summed E-state index contributed by atoms with van der Waals surface area (Å²) in [5.74, 6) is 1.62. The van der Waals surface area contributed by atoms with E-state index in [2.05, 4.69) is 16.8 Å². The lowest BCUT2D eigenvalue weighted by Gasteiger charge is -2.55. The van der Waals surface area contributed by atoms with E-state index in [1.807, 2.05) is 0 Å². The van der Waals surface area contributed by atoms with Gasteiger partial charge in [0.25, 0.3) is 0 Å². The van der Waals surface area contributed by atoms with Crippen LogP contribution in [0.4, 0.5) is 0 Å². The van der Waals surface area contributed by atoms with Crippen molar-refractivity contribution < 1.29 is 9.90 Å². The van der Waals surface area contributed by atoms with E-state index in [-0.39, 0.29) is 23.4 Å². The van der Waals surface area contributed by atoms with Gasteiger partial charge in [0.1, 0.15) is 5.78 Å². The highest BCUT2D eigenvalue weighted by Crippen LogP contribution is 2.73. The summed E-state index contributed by atoms with van der Waals surface area (Å²) in [6.45, 7) is 1.14. The molecule has 6 fully saturated rings. The van der Waals surface area contributed by atoms with Crippen molar-refractivity contribution in [2.45, 2.75) is 56.5 Å². The molecule has 4 bridgehead atoms. The number of hydrogen-bond acceptors (Lipinski definition) is 4. The minimum absolute atomic E-state index is 0.00311. The van der Waals surface area contributed by atoms with Gasteiger partial charge in [0.2, 0.25) is 0 Å². The summed E-state index contributed by atoms with van der Waals surface area (Å²) in [5, 5.41) is 10.7. The Morgan fingerprint density at radius 1 is 1.29 bits per heavy atom. The van der Waals surface area contributed by atoms with Gasteiger partial charge < -0.3 is 5.11 Å². The van der Waals surface area contributed by atoms with E-state index >= 15 is 0 Å². The van der Waals surface area contributed by atoms with Crippen molar-refractivity contribution in [2.24, 2.45) is 29.1 Å². The van der Waals surface area contributed by atoms with Crippen LogP contribution in [0.2, 0.25) is 0 Å². The normalized spacial score (nSPS) is 64.4. The van der Waals surface area contributed by atoms with E-state index in [4.69, 9.17) is 0 Å². The number of piperidine rings is 1. The lowest BCUT2D eigenvalue weighted by atomic mass is 9.59. The molecule has 4 nitrogen and oxygen atoms in total. The first-order valence-electron chi connectivity index (χ1n) is 8.84. The number of aliphatic hydroxyl groups is 1. The molecular formula is C17H24N2O2. The predicted molar refractivity (Wildman–Crippen MR) is 76.3 cm³/mol. The minimum Gasteiger partial charge on any atom is -0.392 e. The SMILES string of the molecule is CN1CC[C@H]2[C@@H]3C(=O)C4C(O)C5C[C@@H]6N2C1CC[C@@]63[C@H]4C5. The highest BCUT2D eigenvalue weighted by Gasteiger charge is 2.78. The molecule has 0 aromatic carbocycles. The number of hydrogen-bond donors (Lipinski definition) is 1.